The Balaban J connectivity index is 0.000000338. The quantitative estimate of drug-likeness (QED) is 0.793. The van der Waals surface area contributed by atoms with Gasteiger partial charge in [-0.2, -0.15) is 0 Å². The molecule has 0 bridgehead atoms. The summed E-state index contributed by atoms with van der Waals surface area (Å²) in [6.45, 7) is 8.76. The van der Waals surface area contributed by atoms with E-state index >= 15 is 0 Å². The summed E-state index contributed by atoms with van der Waals surface area (Å²) < 4.78 is 0. The number of rotatable bonds is 4. The van der Waals surface area contributed by atoms with E-state index in [1.54, 1.807) is 0 Å². The highest BCUT2D eigenvalue weighted by Gasteiger charge is 2.34. The van der Waals surface area contributed by atoms with Crippen molar-refractivity contribution in [2.45, 2.75) is 39.0 Å². The highest BCUT2D eigenvalue weighted by atomic mass is 14.8. The van der Waals surface area contributed by atoms with Crippen molar-refractivity contribution in [3.8, 4) is 0 Å². The molecule has 1 N–H and O–H groups in total. The Labute approximate surface area is 141 Å². The fourth-order valence-electron chi connectivity index (χ4n) is 3.28. The van der Waals surface area contributed by atoms with E-state index in [0.29, 0.717) is 0 Å². The molecule has 0 heterocycles. The molecule has 1 aliphatic carbocycles. The minimum absolute atomic E-state index is 0.169. The molecule has 1 atom stereocenters. The van der Waals surface area contributed by atoms with Crippen molar-refractivity contribution in [2.24, 2.45) is 0 Å². The summed E-state index contributed by atoms with van der Waals surface area (Å²) in [7, 11) is 0. The molecule has 2 aromatic carbocycles. The highest BCUT2D eigenvalue weighted by Crippen LogP contribution is 2.46. The van der Waals surface area contributed by atoms with Crippen LogP contribution in [0.3, 0.4) is 0 Å². The number of hydrogen-bond donors (Lipinski definition) is 1. The average Bonchev–Trinajstić information content (AvgIpc) is 3.01. The van der Waals surface area contributed by atoms with E-state index < -0.39 is 0 Å². The third-order valence-electron chi connectivity index (χ3n) is 4.58. The van der Waals surface area contributed by atoms with Crippen LogP contribution in [0.1, 0.15) is 44.7 Å². The highest BCUT2D eigenvalue weighted by molar-refractivity contribution is 5.77. The first-order valence-corrected chi connectivity index (χ1v) is 8.74. The van der Waals surface area contributed by atoms with E-state index in [9.17, 15) is 0 Å². The van der Waals surface area contributed by atoms with E-state index in [4.69, 9.17) is 0 Å². The third kappa shape index (κ3) is 4.33. The van der Waals surface area contributed by atoms with Gasteiger partial charge in [-0.05, 0) is 42.6 Å². The molecule has 1 aliphatic rings. The third-order valence-corrected chi connectivity index (χ3v) is 4.58. The minimum Gasteiger partial charge on any atom is -0.317 e. The van der Waals surface area contributed by atoms with Gasteiger partial charge in [0, 0.05) is 5.41 Å². The van der Waals surface area contributed by atoms with Crippen molar-refractivity contribution in [1.82, 2.24) is 5.32 Å². The lowest BCUT2D eigenvalue weighted by molar-refractivity contribution is 0.594. The van der Waals surface area contributed by atoms with Gasteiger partial charge in [0.05, 0.1) is 0 Å². The Hall–Kier alpha value is -1.86. The lowest BCUT2D eigenvalue weighted by Crippen LogP contribution is -2.20. The molecule has 2 aromatic rings. The van der Waals surface area contributed by atoms with Gasteiger partial charge in [-0.3, -0.25) is 0 Å². The molecular weight excluding hydrogens is 278 g/mol. The zero-order valence-electron chi connectivity index (χ0n) is 14.7. The normalized spacial score (nSPS) is 19.7. The average molecular weight is 307 g/mol. The van der Waals surface area contributed by atoms with Crippen molar-refractivity contribution in [3.05, 3.63) is 77.9 Å². The summed E-state index contributed by atoms with van der Waals surface area (Å²) in [5.41, 5.74) is 4.44. The second-order valence-corrected chi connectivity index (χ2v) is 6.18. The molecule has 0 fully saturated rings. The lowest BCUT2D eigenvalue weighted by Gasteiger charge is -2.29. The number of nitrogens with one attached hydrogen (secondary N) is 1. The van der Waals surface area contributed by atoms with Gasteiger partial charge < -0.3 is 5.32 Å². The maximum absolute atomic E-state index is 3.11. The van der Waals surface area contributed by atoms with Crippen LogP contribution in [0.15, 0.2) is 66.7 Å². The fraction of sp³-hybridized carbons (Fsp3) is 0.364. The minimum atomic E-state index is 0.169. The van der Waals surface area contributed by atoms with Crippen LogP contribution in [-0.2, 0) is 5.41 Å². The Kier molecular flexibility index (Phi) is 6.61. The Bertz CT molecular complexity index is 598. The molecule has 0 amide bonds. The Morgan fingerprint density at radius 1 is 0.870 bits per heavy atom. The fourth-order valence-corrected chi connectivity index (χ4v) is 3.28. The predicted molar refractivity (Wildman–Crippen MR) is 102 cm³/mol. The van der Waals surface area contributed by atoms with E-state index in [-0.39, 0.29) is 5.41 Å². The summed E-state index contributed by atoms with van der Waals surface area (Å²) in [5, 5.41) is 3.11. The first-order valence-electron chi connectivity index (χ1n) is 8.74. The Morgan fingerprint density at radius 3 is 1.96 bits per heavy atom. The van der Waals surface area contributed by atoms with Crippen LogP contribution in [0.2, 0.25) is 0 Å². The molecule has 0 aliphatic heterocycles. The summed E-state index contributed by atoms with van der Waals surface area (Å²) in [6, 6.07) is 21.6. The molecule has 1 unspecified atom stereocenters. The van der Waals surface area contributed by atoms with Gasteiger partial charge in [-0.25, -0.2) is 0 Å². The molecular formula is C22H29N. The molecule has 0 saturated heterocycles. The van der Waals surface area contributed by atoms with Gasteiger partial charge in [0.2, 0.25) is 0 Å². The van der Waals surface area contributed by atoms with Crippen LogP contribution >= 0.6 is 0 Å². The van der Waals surface area contributed by atoms with E-state index in [1.807, 2.05) is 0 Å². The molecule has 1 nitrogen and oxygen atoms in total. The first kappa shape index (κ1) is 17.5. The van der Waals surface area contributed by atoms with Gasteiger partial charge in [0.1, 0.15) is 0 Å². The summed E-state index contributed by atoms with van der Waals surface area (Å²) in [5.74, 6) is 0. The van der Waals surface area contributed by atoms with Crippen molar-refractivity contribution in [2.75, 3.05) is 13.1 Å². The monoisotopic (exact) mass is 307 g/mol. The smallest absolute Gasteiger partial charge is 0.0180 e. The molecule has 23 heavy (non-hydrogen) atoms. The zero-order valence-corrected chi connectivity index (χ0v) is 14.7. The van der Waals surface area contributed by atoms with Crippen molar-refractivity contribution in [1.29, 1.82) is 0 Å². The summed E-state index contributed by atoms with van der Waals surface area (Å²) >= 11 is 0. The van der Waals surface area contributed by atoms with Gasteiger partial charge in [-0.1, -0.05) is 87.5 Å². The van der Waals surface area contributed by atoms with Crippen LogP contribution in [0.25, 0.3) is 5.57 Å². The SMILES string of the molecule is CC1(c2ccccc2)CCC=C1c1ccccc1.CCNCC. The van der Waals surface area contributed by atoms with Gasteiger partial charge in [0.25, 0.3) is 0 Å². The maximum Gasteiger partial charge on any atom is 0.0180 e. The predicted octanol–water partition coefficient (Wildman–Crippen LogP) is 5.44. The van der Waals surface area contributed by atoms with E-state index in [2.05, 4.69) is 92.8 Å². The van der Waals surface area contributed by atoms with Crippen LogP contribution in [0.4, 0.5) is 0 Å². The first-order chi connectivity index (χ1) is 11.2. The standard InChI is InChI=1S/C18H18.C4H11N/c1-18(16-11-6-3-7-12-16)14-8-13-17(18)15-9-4-2-5-10-15;1-3-5-4-2/h2-7,9-13H,8,14H2,1H3;5H,3-4H2,1-2H3. The molecule has 1 heteroatoms. The molecule has 3 rings (SSSR count). The van der Waals surface area contributed by atoms with Crippen molar-refractivity contribution < 1.29 is 0 Å². The molecule has 122 valence electrons. The van der Waals surface area contributed by atoms with E-state index in [1.165, 1.54) is 29.5 Å². The largest absolute Gasteiger partial charge is 0.317 e. The number of benzene rings is 2. The van der Waals surface area contributed by atoms with Crippen LogP contribution in [-0.4, -0.2) is 13.1 Å². The van der Waals surface area contributed by atoms with Crippen LogP contribution in [0, 0.1) is 0 Å². The van der Waals surface area contributed by atoms with Crippen molar-refractivity contribution in [3.63, 3.8) is 0 Å². The van der Waals surface area contributed by atoms with Gasteiger partial charge in [-0.15, -0.1) is 0 Å². The number of hydrogen-bond acceptors (Lipinski definition) is 1. The Morgan fingerprint density at radius 2 is 1.43 bits per heavy atom. The second-order valence-electron chi connectivity index (χ2n) is 6.18. The second kappa shape index (κ2) is 8.69. The molecule has 0 radical (unpaired) electrons. The number of allylic oxidation sites excluding steroid dienone is 2. The summed E-state index contributed by atoms with van der Waals surface area (Å²) in [4.78, 5) is 0. The van der Waals surface area contributed by atoms with Gasteiger partial charge in [0.15, 0.2) is 0 Å². The zero-order chi connectivity index (χ0) is 16.5. The molecule has 0 spiro atoms. The molecule has 0 aromatic heterocycles. The van der Waals surface area contributed by atoms with Gasteiger partial charge >= 0.3 is 0 Å². The van der Waals surface area contributed by atoms with Crippen LogP contribution in [0.5, 0.6) is 0 Å². The maximum atomic E-state index is 3.11. The van der Waals surface area contributed by atoms with E-state index in [0.717, 1.165) is 13.1 Å². The molecule has 0 saturated carbocycles. The lowest BCUT2D eigenvalue weighted by atomic mass is 9.74. The van der Waals surface area contributed by atoms with Crippen LogP contribution < -0.4 is 5.32 Å². The summed E-state index contributed by atoms with van der Waals surface area (Å²) in [6.07, 6.45) is 4.79. The topological polar surface area (TPSA) is 12.0 Å². The van der Waals surface area contributed by atoms with Crippen molar-refractivity contribution >= 4 is 5.57 Å².